The highest BCUT2D eigenvalue weighted by Gasteiger charge is 2.30. The number of fused-ring (bicyclic) bond motifs is 2. The molecule has 0 radical (unpaired) electrons. The van der Waals surface area contributed by atoms with Gasteiger partial charge in [-0.15, -0.1) is 0 Å². The fourth-order valence-electron chi connectivity index (χ4n) is 4.52. The van der Waals surface area contributed by atoms with Gasteiger partial charge in [0.05, 0.1) is 17.6 Å². The highest BCUT2D eigenvalue weighted by molar-refractivity contribution is 6.34. The predicted octanol–water partition coefficient (Wildman–Crippen LogP) is 2.20. The molecule has 1 aromatic heterocycles. The maximum Gasteiger partial charge on any atom is 0.333 e. The number of halogens is 1. The van der Waals surface area contributed by atoms with Crippen molar-refractivity contribution in [3.63, 3.8) is 0 Å². The number of nitrogens with one attached hydrogen (secondary N) is 2. The first-order chi connectivity index (χ1) is 18.5. The van der Waals surface area contributed by atoms with E-state index in [0.717, 1.165) is 43.0 Å². The molecule has 0 saturated carbocycles. The lowest BCUT2D eigenvalue weighted by Crippen LogP contribution is -2.42. The number of carbonyl (C=O) groups excluding carboxylic acids is 2. The molecule has 0 unspecified atom stereocenters. The number of amides is 2. The first-order valence-corrected chi connectivity index (χ1v) is 12.6. The van der Waals surface area contributed by atoms with Gasteiger partial charge >= 0.3 is 11.9 Å². The monoisotopic (exact) mass is 544 g/mol. The van der Waals surface area contributed by atoms with Crippen molar-refractivity contribution in [3.05, 3.63) is 52.1 Å². The lowest BCUT2D eigenvalue weighted by atomic mass is 10.0. The molecular formula is C27H33FN4O7. The predicted molar refractivity (Wildman–Crippen MR) is 142 cm³/mol. The lowest BCUT2D eigenvalue weighted by molar-refractivity contribution is -0.152. The van der Waals surface area contributed by atoms with E-state index in [1.54, 1.807) is 12.1 Å². The van der Waals surface area contributed by atoms with E-state index in [-0.39, 0.29) is 11.8 Å². The quantitative estimate of drug-likeness (QED) is 0.300. The average molecular weight is 545 g/mol. The summed E-state index contributed by atoms with van der Waals surface area (Å²) in [7, 11) is 0. The highest BCUT2D eigenvalue weighted by atomic mass is 19.1. The molecule has 12 heteroatoms. The van der Waals surface area contributed by atoms with Crippen LogP contribution in [0.2, 0.25) is 0 Å². The van der Waals surface area contributed by atoms with Crippen molar-refractivity contribution in [2.75, 3.05) is 38.0 Å². The Morgan fingerprint density at radius 3 is 2.49 bits per heavy atom. The zero-order valence-electron chi connectivity index (χ0n) is 22.1. The van der Waals surface area contributed by atoms with Gasteiger partial charge in [-0.2, -0.15) is 0 Å². The van der Waals surface area contributed by atoms with Crippen molar-refractivity contribution in [2.24, 2.45) is 0 Å². The largest absolute Gasteiger partial charge is 0.481 e. The number of anilines is 1. The number of H-pyrrole nitrogens is 1. The van der Waals surface area contributed by atoms with Crippen LogP contribution in [0.25, 0.3) is 11.6 Å². The van der Waals surface area contributed by atoms with Gasteiger partial charge in [0.1, 0.15) is 5.82 Å². The van der Waals surface area contributed by atoms with E-state index in [1.807, 2.05) is 11.8 Å². The number of carboxylic acid groups (broad SMARTS) is 2. The van der Waals surface area contributed by atoms with E-state index in [0.29, 0.717) is 35.5 Å². The molecule has 2 aliphatic heterocycles. The van der Waals surface area contributed by atoms with Crippen molar-refractivity contribution in [1.82, 2.24) is 14.8 Å². The molecule has 2 aromatic rings. The number of hydrogen-bond acceptors (Lipinski definition) is 6. The molecule has 3 heterocycles. The van der Waals surface area contributed by atoms with Gasteiger partial charge < -0.3 is 35.4 Å². The maximum absolute atomic E-state index is 13.7. The Labute approximate surface area is 224 Å². The number of rotatable bonds is 9. The van der Waals surface area contributed by atoms with Crippen molar-refractivity contribution in [1.29, 1.82) is 0 Å². The van der Waals surface area contributed by atoms with Crippen molar-refractivity contribution in [2.45, 2.75) is 39.7 Å². The molecule has 11 nitrogen and oxygen atoms in total. The Morgan fingerprint density at radius 1 is 1.21 bits per heavy atom. The summed E-state index contributed by atoms with van der Waals surface area (Å²) in [6, 6.07) is 4.25. The molecule has 2 aliphatic rings. The summed E-state index contributed by atoms with van der Waals surface area (Å²) in [5.41, 5.74) is 4.69. The van der Waals surface area contributed by atoms with Crippen LogP contribution in [0, 0.1) is 12.7 Å². The first-order valence-electron chi connectivity index (χ1n) is 12.6. The number of carboxylic acids is 2. The summed E-state index contributed by atoms with van der Waals surface area (Å²) in [5.74, 6) is -3.47. The third kappa shape index (κ3) is 6.89. The Hall–Kier alpha value is -4.03. The average Bonchev–Trinajstić information content (AvgIpc) is 3.37. The van der Waals surface area contributed by atoms with E-state index >= 15 is 0 Å². The van der Waals surface area contributed by atoms with Crippen LogP contribution in [0.3, 0.4) is 0 Å². The normalized spacial score (nSPS) is 15.9. The van der Waals surface area contributed by atoms with Gasteiger partial charge in [-0.1, -0.05) is 13.8 Å². The van der Waals surface area contributed by atoms with Gasteiger partial charge in [-0.3, -0.25) is 14.4 Å². The molecule has 2 amide bonds. The summed E-state index contributed by atoms with van der Waals surface area (Å²) in [5, 5.41) is 26.9. The second-order valence-corrected chi connectivity index (χ2v) is 9.24. The van der Waals surface area contributed by atoms with Gasteiger partial charge in [0.25, 0.3) is 11.8 Å². The molecule has 0 bridgehead atoms. The second-order valence-electron chi connectivity index (χ2n) is 9.24. The summed E-state index contributed by atoms with van der Waals surface area (Å²) in [4.78, 5) is 52.5. The molecule has 4 rings (SSSR count). The van der Waals surface area contributed by atoms with Crippen LogP contribution in [-0.4, -0.2) is 92.7 Å². The Morgan fingerprint density at radius 2 is 1.90 bits per heavy atom. The van der Waals surface area contributed by atoms with Crippen molar-refractivity contribution >= 4 is 41.1 Å². The lowest BCUT2D eigenvalue weighted by Gasteiger charge is -2.29. The van der Waals surface area contributed by atoms with Crippen LogP contribution >= 0.6 is 0 Å². The van der Waals surface area contributed by atoms with Gasteiger partial charge in [0.15, 0.2) is 6.10 Å². The molecule has 1 atom stereocenters. The van der Waals surface area contributed by atoms with E-state index in [2.05, 4.69) is 29.0 Å². The summed E-state index contributed by atoms with van der Waals surface area (Å²) >= 11 is 0. The van der Waals surface area contributed by atoms with Gasteiger partial charge in [0.2, 0.25) is 0 Å². The summed E-state index contributed by atoms with van der Waals surface area (Å²) in [6.45, 7) is 10.3. The first kappa shape index (κ1) is 29.5. The molecular weight excluding hydrogens is 511 g/mol. The fraction of sp³-hybridized carbons (Fsp3) is 0.407. The van der Waals surface area contributed by atoms with Gasteiger partial charge in [0, 0.05) is 48.7 Å². The number of aliphatic carboxylic acids is 2. The Balaban J connectivity index is 0.000000403. The van der Waals surface area contributed by atoms with Crippen LogP contribution in [0.1, 0.15) is 53.1 Å². The molecule has 5 N–H and O–H groups in total. The molecule has 0 aliphatic carbocycles. The van der Waals surface area contributed by atoms with Crippen LogP contribution in [0.4, 0.5) is 10.1 Å². The van der Waals surface area contributed by atoms with Crippen molar-refractivity contribution in [3.8, 4) is 0 Å². The molecule has 0 saturated heterocycles. The highest BCUT2D eigenvalue weighted by Crippen LogP contribution is 2.35. The number of aliphatic hydroxyl groups is 1. The van der Waals surface area contributed by atoms with Crippen LogP contribution in [-0.2, 0) is 20.8 Å². The Bertz CT molecular complexity index is 1300. The van der Waals surface area contributed by atoms with Crippen LogP contribution < -0.4 is 5.32 Å². The van der Waals surface area contributed by atoms with E-state index in [9.17, 15) is 23.6 Å². The number of aliphatic hydroxyl groups excluding tert-OH is 1. The number of carbonyl (C=O) groups is 4. The second kappa shape index (κ2) is 12.7. The number of hydrogen-bond donors (Lipinski definition) is 5. The van der Waals surface area contributed by atoms with Crippen LogP contribution in [0.15, 0.2) is 18.2 Å². The van der Waals surface area contributed by atoms with Gasteiger partial charge in [-0.25, -0.2) is 9.18 Å². The number of aromatic nitrogens is 1. The number of benzene rings is 1. The zero-order valence-corrected chi connectivity index (χ0v) is 22.1. The minimum atomic E-state index is -1.79. The topological polar surface area (TPSA) is 163 Å². The SMILES string of the molecule is CCN(CC)CCN1CCc2[nH]c(/C=C3/C(=O)Nc4ccc(F)cc43)c(C)c2C1=O.O=C(O)C[C@H](O)C(=O)O. The summed E-state index contributed by atoms with van der Waals surface area (Å²) < 4.78 is 13.7. The number of nitrogens with zero attached hydrogens (tertiary/aromatic N) is 2. The number of aromatic amines is 1. The minimum absolute atomic E-state index is 0.0316. The standard InChI is InChI=1S/C23H27FN4O2.C4H6O5/c1-4-27(5-2)10-11-28-9-8-19-21(23(28)30)14(3)20(25-19)13-17-16-12-15(24)6-7-18(16)26-22(17)29;5-2(4(8)9)1-3(6)7/h6-7,12-13,25H,4-5,8-11H2,1-3H3,(H,26,29);2,5H,1H2,(H,6,7)(H,8,9)/b17-13+;/t;2-/m.0/s1. The van der Waals surface area contributed by atoms with Crippen LogP contribution in [0.5, 0.6) is 0 Å². The summed E-state index contributed by atoms with van der Waals surface area (Å²) in [6.07, 6.45) is -0.0693. The maximum atomic E-state index is 13.7. The molecule has 1 aromatic carbocycles. The zero-order chi connectivity index (χ0) is 28.9. The Kier molecular flexibility index (Phi) is 9.60. The molecule has 39 heavy (non-hydrogen) atoms. The molecule has 0 spiro atoms. The van der Waals surface area contributed by atoms with E-state index < -0.39 is 30.3 Å². The third-order valence-electron chi connectivity index (χ3n) is 6.79. The van der Waals surface area contributed by atoms with E-state index in [1.165, 1.54) is 12.1 Å². The molecule has 210 valence electrons. The van der Waals surface area contributed by atoms with E-state index in [4.69, 9.17) is 15.3 Å². The fourth-order valence-corrected chi connectivity index (χ4v) is 4.52. The van der Waals surface area contributed by atoms with Gasteiger partial charge in [-0.05, 0) is 49.9 Å². The number of likely N-dealkylation sites (N-methyl/N-ethyl adjacent to an activating group) is 1. The third-order valence-corrected chi connectivity index (χ3v) is 6.79. The smallest absolute Gasteiger partial charge is 0.333 e. The molecule has 0 fully saturated rings. The minimum Gasteiger partial charge on any atom is -0.481 e. The van der Waals surface area contributed by atoms with Crippen molar-refractivity contribution < 1.29 is 38.9 Å².